The fraction of sp³-hybridized carbons (Fsp3) is 0.375. The van der Waals surface area contributed by atoms with Crippen molar-refractivity contribution >= 4 is 10.8 Å². The minimum Gasteiger partial charge on any atom is -0.507 e. The van der Waals surface area contributed by atoms with E-state index in [1.807, 2.05) is 18.2 Å². The Hall–Kier alpha value is -1.50. The van der Waals surface area contributed by atoms with Crippen molar-refractivity contribution in [1.82, 2.24) is 0 Å². The fourth-order valence-corrected chi connectivity index (χ4v) is 2.81. The highest BCUT2D eigenvalue weighted by molar-refractivity contribution is 5.93. The van der Waals surface area contributed by atoms with E-state index in [4.69, 9.17) is 0 Å². The summed E-state index contributed by atoms with van der Waals surface area (Å²) in [5.74, 6) is 0.483. The first-order chi connectivity index (χ1) is 8.24. The van der Waals surface area contributed by atoms with Crippen LogP contribution in [0.15, 0.2) is 24.3 Å². The molecule has 0 spiro atoms. The Bertz CT molecular complexity index is 541. The molecule has 2 aromatic rings. The summed E-state index contributed by atoms with van der Waals surface area (Å²) in [7, 11) is 0. The molecule has 0 aliphatic rings. The van der Waals surface area contributed by atoms with E-state index >= 15 is 0 Å². The van der Waals surface area contributed by atoms with E-state index in [0.29, 0.717) is 5.75 Å². The maximum absolute atomic E-state index is 10.4. The van der Waals surface area contributed by atoms with Crippen molar-refractivity contribution in [2.24, 2.45) is 0 Å². The summed E-state index contributed by atoms with van der Waals surface area (Å²) in [6.07, 6.45) is 2.91. The number of aromatic hydroxyl groups is 1. The summed E-state index contributed by atoms with van der Waals surface area (Å²) >= 11 is 0. The Kier molecular flexibility index (Phi) is 3.37. The molecule has 1 N–H and O–H groups in total. The molecule has 1 heteroatoms. The van der Waals surface area contributed by atoms with Gasteiger partial charge in [-0.1, -0.05) is 45.0 Å². The number of aryl methyl sites for hydroxylation is 1. The van der Waals surface area contributed by atoms with Gasteiger partial charge in [-0.15, -0.1) is 0 Å². The van der Waals surface area contributed by atoms with Crippen LogP contribution in [0.5, 0.6) is 5.75 Å². The third-order valence-electron chi connectivity index (χ3n) is 3.58. The van der Waals surface area contributed by atoms with Crippen molar-refractivity contribution in [3.05, 3.63) is 41.0 Å². The standard InChI is InChI=1S/C16H20O/c1-4-11-12(5-2)14-9-7-8-10-15(14)16(17)13(11)6-3/h7-10,17H,4-6H2,1-3H3. The lowest BCUT2D eigenvalue weighted by Crippen LogP contribution is -2.00. The minimum atomic E-state index is 0.483. The Morgan fingerprint density at radius 2 is 1.29 bits per heavy atom. The van der Waals surface area contributed by atoms with E-state index in [0.717, 1.165) is 30.2 Å². The van der Waals surface area contributed by atoms with E-state index in [-0.39, 0.29) is 0 Å². The maximum atomic E-state index is 10.4. The van der Waals surface area contributed by atoms with Crippen LogP contribution in [0.3, 0.4) is 0 Å². The average molecular weight is 228 g/mol. The first-order valence-electron chi connectivity index (χ1n) is 6.48. The number of benzene rings is 2. The number of phenols is 1. The van der Waals surface area contributed by atoms with E-state index in [1.165, 1.54) is 16.5 Å². The monoisotopic (exact) mass is 228 g/mol. The molecule has 0 atom stereocenters. The molecule has 0 bridgehead atoms. The topological polar surface area (TPSA) is 20.2 Å². The molecule has 0 radical (unpaired) electrons. The molecule has 0 heterocycles. The summed E-state index contributed by atoms with van der Waals surface area (Å²) in [5.41, 5.74) is 3.87. The van der Waals surface area contributed by atoms with Gasteiger partial charge in [-0.25, -0.2) is 0 Å². The lowest BCUT2D eigenvalue weighted by molar-refractivity contribution is 0.474. The summed E-state index contributed by atoms with van der Waals surface area (Å²) in [6, 6.07) is 8.17. The third kappa shape index (κ3) is 1.80. The quantitative estimate of drug-likeness (QED) is 0.833. The van der Waals surface area contributed by atoms with Crippen LogP contribution >= 0.6 is 0 Å². The highest BCUT2D eigenvalue weighted by Gasteiger charge is 2.15. The maximum Gasteiger partial charge on any atom is 0.126 e. The SMILES string of the molecule is CCc1c(CC)c(CC)c2ccccc2c1O. The van der Waals surface area contributed by atoms with Gasteiger partial charge in [0.25, 0.3) is 0 Å². The molecular weight excluding hydrogens is 208 g/mol. The van der Waals surface area contributed by atoms with Gasteiger partial charge in [0, 0.05) is 5.39 Å². The molecule has 0 amide bonds. The van der Waals surface area contributed by atoms with Crippen molar-refractivity contribution < 1.29 is 5.11 Å². The molecule has 0 aliphatic carbocycles. The first kappa shape index (κ1) is 12.0. The number of rotatable bonds is 3. The Morgan fingerprint density at radius 3 is 1.82 bits per heavy atom. The predicted octanol–water partition coefficient (Wildman–Crippen LogP) is 4.23. The lowest BCUT2D eigenvalue weighted by Gasteiger charge is -2.17. The lowest BCUT2D eigenvalue weighted by atomic mass is 9.89. The highest BCUT2D eigenvalue weighted by atomic mass is 16.3. The van der Waals surface area contributed by atoms with Crippen molar-refractivity contribution in [2.45, 2.75) is 40.0 Å². The molecule has 90 valence electrons. The largest absolute Gasteiger partial charge is 0.507 e. The summed E-state index contributed by atoms with van der Waals surface area (Å²) < 4.78 is 0. The Morgan fingerprint density at radius 1 is 0.765 bits per heavy atom. The van der Waals surface area contributed by atoms with Crippen LogP contribution in [0.25, 0.3) is 10.8 Å². The summed E-state index contributed by atoms with van der Waals surface area (Å²) in [5, 5.41) is 12.6. The van der Waals surface area contributed by atoms with E-state index < -0.39 is 0 Å². The number of fused-ring (bicyclic) bond motifs is 1. The van der Waals surface area contributed by atoms with Crippen LogP contribution in [-0.4, -0.2) is 5.11 Å². The Balaban J connectivity index is 2.93. The average Bonchev–Trinajstić information content (AvgIpc) is 2.38. The van der Waals surface area contributed by atoms with Gasteiger partial charge < -0.3 is 5.11 Å². The Labute approximate surface area is 103 Å². The van der Waals surface area contributed by atoms with Crippen LogP contribution in [0.1, 0.15) is 37.5 Å². The number of hydrogen-bond donors (Lipinski definition) is 1. The fourth-order valence-electron chi connectivity index (χ4n) is 2.81. The smallest absolute Gasteiger partial charge is 0.126 e. The van der Waals surface area contributed by atoms with Crippen LogP contribution in [0, 0.1) is 0 Å². The normalized spacial score (nSPS) is 11.0. The van der Waals surface area contributed by atoms with Gasteiger partial charge in [0.1, 0.15) is 5.75 Å². The van der Waals surface area contributed by atoms with E-state index in [2.05, 4.69) is 26.8 Å². The van der Waals surface area contributed by atoms with Crippen LogP contribution in [0.4, 0.5) is 0 Å². The van der Waals surface area contributed by atoms with Gasteiger partial charge in [-0.3, -0.25) is 0 Å². The van der Waals surface area contributed by atoms with Crippen LogP contribution in [0.2, 0.25) is 0 Å². The highest BCUT2D eigenvalue weighted by Crippen LogP contribution is 2.36. The second-order valence-electron chi connectivity index (χ2n) is 4.39. The molecule has 0 unspecified atom stereocenters. The molecule has 0 aliphatic heterocycles. The molecule has 2 aromatic carbocycles. The number of hydrogen-bond acceptors (Lipinski definition) is 1. The third-order valence-corrected chi connectivity index (χ3v) is 3.58. The molecular formula is C16H20O. The van der Waals surface area contributed by atoms with Gasteiger partial charge in [0.2, 0.25) is 0 Å². The molecule has 0 fully saturated rings. The van der Waals surface area contributed by atoms with Crippen molar-refractivity contribution in [1.29, 1.82) is 0 Å². The molecule has 17 heavy (non-hydrogen) atoms. The van der Waals surface area contributed by atoms with Gasteiger partial charge in [-0.05, 0) is 41.3 Å². The van der Waals surface area contributed by atoms with Crippen molar-refractivity contribution in [2.75, 3.05) is 0 Å². The van der Waals surface area contributed by atoms with Crippen molar-refractivity contribution in [3.8, 4) is 5.75 Å². The zero-order valence-electron chi connectivity index (χ0n) is 10.9. The zero-order valence-corrected chi connectivity index (χ0v) is 10.9. The molecule has 2 rings (SSSR count). The van der Waals surface area contributed by atoms with Gasteiger partial charge in [0.15, 0.2) is 0 Å². The summed E-state index contributed by atoms with van der Waals surface area (Å²) in [6.45, 7) is 6.47. The van der Waals surface area contributed by atoms with E-state index in [9.17, 15) is 5.11 Å². The second kappa shape index (κ2) is 4.79. The van der Waals surface area contributed by atoms with Gasteiger partial charge in [0.05, 0.1) is 0 Å². The second-order valence-corrected chi connectivity index (χ2v) is 4.39. The van der Waals surface area contributed by atoms with Crippen LogP contribution in [-0.2, 0) is 19.3 Å². The van der Waals surface area contributed by atoms with Crippen LogP contribution < -0.4 is 0 Å². The van der Waals surface area contributed by atoms with Gasteiger partial charge >= 0.3 is 0 Å². The molecule has 0 aromatic heterocycles. The number of phenolic OH excluding ortho intramolecular Hbond substituents is 1. The molecule has 0 saturated carbocycles. The molecule has 1 nitrogen and oxygen atoms in total. The van der Waals surface area contributed by atoms with Crippen molar-refractivity contribution in [3.63, 3.8) is 0 Å². The minimum absolute atomic E-state index is 0.483. The zero-order chi connectivity index (χ0) is 12.4. The summed E-state index contributed by atoms with van der Waals surface area (Å²) in [4.78, 5) is 0. The van der Waals surface area contributed by atoms with Gasteiger partial charge in [-0.2, -0.15) is 0 Å². The predicted molar refractivity (Wildman–Crippen MR) is 73.7 cm³/mol. The van der Waals surface area contributed by atoms with E-state index in [1.54, 1.807) is 0 Å². The first-order valence-corrected chi connectivity index (χ1v) is 6.48. The molecule has 0 saturated heterocycles.